The number of imide groups is 1. The molecule has 2 aromatic rings. The van der Waals surface area contributed by atoms with E-state index in [1.807, 2.05) is 68.4 Å². The third-order valence-electron chi connectivity index (χ3n) is 4.18. The number of benzene rings is 2. The van der Waals surface area contributed by atoms with E-state index in [1.54, 1.807) is 12.1 Å². The van der Waals surface area contributed by atoms with Crippen molar-refractivity contribution in [3.05, 3.63) is 64.6 Å². The second-order valence-corrected chi connectivity index (χ2v) is 7.66. The van der Waals surface area contributed by atoms with Crippen molar-refractivity contribution in [2.75, 3.05) is 30.9 Å². The smallest absolute Gasteiger partial charge is 0.294 e. The van der Waals surface area contributed by atoms with E-state index in [9.17, 15) is 14.4 Å². The third-order valence-corrected chi connectivity index (χ3v) is 5.09. The summed E-state index contributed by atoms with van der Waals surface area (Å²) in [6.07, 6.45) is 1.67. The van der Waals surface area contributed by atoms with Gasteiger partial charge in [-0.05, 0) is 60.2 Å². The molecular weight excluding hydrogens is 374 g/mol. The first-order valence-corrected chi connectivity index (χ1v) is 9.54. The number of hydrogen-bond donors (Lipinski definition) is 1. The number of anilines is 2. The molecule has 3 rings (SSSR count). The van der Waals surface area contributed by atoms with Gasteiger partial charge in [0.2, 0.25) is 5.91 Å². The Morgan fingerprint density at radius 2 is 1.86 bits per heavy atom. The van der Waals surface area contributed by atoms with Crippen molar-refractivity contribution in [1.82, 2.24) is 4.90 Å². The summed E-state index contributed by atoms with van der Waals surface area (Å²) in [4.78, 5) is 40.3. The van der Waals surface area contributed by atoms with Gasteiger partial charge in [0.15, 0.2) is 0 Å². The average molecular weight is 395 g/mol. The van der Waals surface area contributed by atoms with Crippen molar-refractivity contribution in [3.8, 4) is 0 Å². The maximum atomic E-state index is 12.6. The van der Waals surface area contributed by atoms with Gasteiger partial charge in [-0.1, -0.05) is 24.3 Å². The molecule has 1 heterocycles. The lowest BCUT2D eigenvalue weighted by atomic mass is 10.2. The predicted octanol–water partition coefficient (Wildman–Crippen LogP) is 3.74. The Morgan fingerprint density at radius 1 is 1.14 bits per heavy atom. The van der Waals surface area contributed by atoms with Gasteiger partial charge in [-0.15, -0.1) is 0 Å². The second-order valence-electron chi connectivity index (χ2n) is 6.67. The van der Waals surface area contributed by atoms with E-state index in [2.05, 4.69) is 5.32 Å². The monoisotopic (exact) mass is 395 g/mol. The number of carbonyl (C=O) groups is 3. The zero-order valence-electron chi connectivity index (χ0n) is 15.9. The molecule has 28 heavy (non-hydrogen) atoms. The summed E-state index contributed by atoms with van der Waals surface area (Å²) < 4.78 is 0. The first-order chi connectivity index (χ1) is 13.3. The highest BCUT2D eigenvalue weighted by Crippen LogP contribution is 2.32. The van der Waals surface area contributed by atoms with Crippen LogP contribution in [0.3, 0.4) is 0 Å². The minimum absolute atomic E-state index is 0.310. The Hall–Kier alpha value is -3.06. The topological polar surface area (TPSA) is 69.7 Å². The maximum Gasteiger partial charge on any atom is 0.294 e. The molecular formula is C21H21N3O3S. The van der Waals surface area contributed by atoms with Crippen LogP contribution < -0.4 is 10.2 Å². The van der Waals surface area contributed by atoms with E-state index < -0.39 is 17.1 Å². The van der Waals surface area contributed by atoms with Crippen molar-refractivity contribution < 1.29 is 14.4 Å². The number of nitrogens with one attached hydrogen (secondary N) is 1. The number of rotatable bonds is 5. The van der Waals surface area contributed by atoms with Gasteiger partial charge in [0, 0.05) is 25.5 Å². The maximum absolute atomic E-state index is 12.6. The standard InChI is InChI=1S/C21H21N3O3S/c1-14-5-4-6-16(11-14)22-19(25)13-24-20(26)18(28-21(24)27)12-15-7-9-17(10-8-15)23(2)3/h4-12H,13H2,1-3H3,(H,22,25)/b18-12-. The summed E-state index contributed by atoms with van der Waals surface area (Å²) in [5.74, 6) is -0.865. The predicted molar refractivity (Wildman–Crippen MR) is 113 cm³/mol. The number of nitrogens with zero attached hydrogens (tertiary/aromatic N) is 2. The zero-order valence-corrected chi connectivity index (χ0v) is 16.7. The lowest BCUT2D eigenvalue weighted by molar-refractivity contribution is -0.127. The Bertz CT molecular complexity index is 952. The molecule has 1 aliphatic rings. The van der Waals surface area contributed by atoms with Gasteiger partial charge in [-0.2, -0.15) is 0 Å². The van der Waals surface area contributed by atoms with Crippen molar-refractivity contribution in [1.29, 1.82) is 0 Å². The van der Waals surface area contributed by atoms with E-state index in [4.69, 9.17) is 0 Å². The van der Waals surface area contributed by atoms with Crippen LogP contribution in [0.1, 0.15) is 11.1 Å². The number of hydrogen-bond acceptors (Lipinski definition) is 5. The molecule has 7 heteroatoms. The third kappa shape index (κ3) is 4.61. The molecule has 3 amide bonds. The van der Waals surface area contributed by atoms with Gasteiger partial charge < -0.3 is 10.2 Å². The fourth-order valence-electron chi connectivity index (χ4n) is 2.72. The van der Waals surface area contributed by atoms with E-state index >= 15 is 0 Å². The number of aryl methyl sites for hydroxylation is 1. The molecule has 6 nitrogen and oxygen atoms in total. The summed E-state index contributed by atoms with van der Waals surface area (Å²) in [6.45, 7) is 1.61. The molecule has 0 atom stereocenters. The van der Waals surface area contributed by atoms with Crippen molar-refractivity contribution in [3.63, 3.8) is 0 Å². The van der Waals surface area contributed by atoms with E-state index in [0.717, 1.165) is 33.5 Å². The molecule has 2 aromatic carbocycles. The fourth-order valence-corrected chi connectivity index (χ4v) is 3.56. The zero-order chi connectivity index (χ0) is 20.3. The van der Waals surface area contributed by atoms with Gasteiger partial charge in [0.25, 0.3) is 11.1 Å². The lowest BCUT2D eigenvalue weighted by Crippen LogP contribution is -2.36. The van der Waals surface area contributed by atoms with Crippen molar-refractivity contribution in [2.45, 2.75) is 6.92 Å². The Kier molecular flexibility index (Phi) is 5.84. The second kappa shape index (κ2) is 8.31. The molecule has 0 bridgehead atoms. The van der Waals surface area contributed by atoms with Crippen LogP contribution in [0.2, 0.25) is 0 Å². The van der Waals surface area contributed by atoms with Crippen LogP contribution in [0.4, 0.5) is 16.2 Å². The summed E-state index contributed by atoms with van der Waals surface area (Å²) in [7, 11) is 3.89. The van der Waals surface area contributed by atoms with Crippen LogP contribution in [0, 0.1) is 6.92 Å². The molecule has 0 aliphatic carbocycles. The molecule has 0 aromatic heterocycles. The number of carbonyl (C=O) groups excluding carboxylic acids is 3. The normalized spacial score (nSPS) is 15.2. The molecule has 1 aliphatic heterocycles. The molecule has 1 N–H and O–H groups in total. The minimum atomic E-state index is -0.453. The molecule has 0 radical (unpaired) electrons. The minimum Gasteiger partial charge on any atom is -0.378 e. The molecule has 0 saturated carbocycles. The van der Waals surface area contributed by atoms with Crippen LogP contribution in [0.5, 0.6) is 0 Å². The van der Waals surface area contributed by atoms with Crippen molar-refractivity contribution in [2.24, 2.45) is 0 Å². The summed E-state index contributed by atoms with van der Waals surface area (Å²) in [5.41, 5.74) is 3.50. The summed E-state index contributed by atoms with van der Waals surface area (Å²) >= 11 is 0.846. The lowest BCUT2D eigenvalue weighted by Gasteiger charge is -2.13. The molecule has 1 saturated heterocycles. The van der Waals surface area contributed by atoms with Gasteiger partial charge in [0.05, 0.1) is 4.91 Å². The van der Waals surface area contributed by atoms with Gasteiger partial charge >= 0.3 is 0 Å². The summed E-state index contributed by atoms with van der Waals surface area (Å²) in [6, 6.07) is 15.0. The van der Waals surface area contributed by atoms with Crippen molar-refractivity contribution >= 4 is 46.3 Å². The quantitative estimate of drug-likeness (QED) is 0.781. The number of amides is 3. The average Bonchev–Trinajstić information content (AvgIpc) is 2.89. The molecule has 144 valence electrons. The molecule has 0 unspecified atom stereocenters. The van der Waals surface area contributed by atoms with Gasteiger partial charge in [0.1, 0.15) is 6.54 Å². The highest BCUT2D eigenvalue weighted by atomic mass is 32.2. The van der Waals surface area contributed by atoms with Crippen LogP contribution in [0.15, 0.2) is 53.4 Å². The Labute approximate surface area is 168 Å². The fraction of sp³-hybridized carbons (Fsp3) is 0.190. The van der Waals surface area contributed by atoms with E-state index in [-0.39, 0.29) is 6.54 Å². The Balaban J connectivity index is 1.68. The van der Waals surface area contributed by atoms with E-state index in [0.29, 0.717) is 10.6 Å². The summed E-state index contributed by atoms with van der Waals surface area (Å²) in [5, 5.41) is 2.27. The first-order valence-electron chi connectivity index (χ1n) is 8.73. The first kappa shape index (κ1) is 19.7. The van der Waals surface area contributed by atoms with Crippen LogP contribution >= 0.6 is 11.8 Å². The van der Waals surface area contributed by atoms with E-state index in [1.165, 1.54) is 0 Å². The van der Waals surface area contributed by atoms with Gasteiger partial charge in [-0.25, -0.2) is 0 Å². The highest BCUT2D eigenvalue weighted by Gasteiger charge is 2.36. The molecule has 0 spiro atoms. The SMILES string of the molecule is Cc1cccc(NC(=O)CN2C(=O)S/C(=C\c3ccc(N(C)C)cc3)C2=O)c1. The Morgan fingerprint density at radius 3 is 2.50 bits per heavy atom. The number of thioether (sulfide) groups is 1. The van der Waals surface area contributed by atoms with Crippen LogP contribution in [-0.2, 0) is 9.59 Å². The van der Waals surface area contributed by atoms with Gasteiger partial charge in [-0.3, -0.25) is 19.3 Å². The molecule has 1 fully saturated rings. The highest BCUT2D eigenvalue weighted by molar-refractivity contribution is 8.18. The van der Waals surface area contributed by atoms with Crippen LogP contribution in [-0.4, -0.2) is 42.6 Å². The largest absolute Gasteiger partial charge is 0.378 e. The van der Waals surface area contributed by atoms with Crippen LogP contribution in [0.25, 0.3) is 6.08 Å².